The molecule has 2 aliphatic rings. The summed E-state index contributed by atoms with van der Waals surface area (Å²) in [5, 5.41) is 15.7. The molecule has 1 aromatic heterocycles. The van der Waals surface area contributed by atoms with Gasteiger partial charge in [0.1, 0.15) is 11.4 Å². The summed E-state index contributed by atoms with van der Waals surface area (Å²) in [7, 11) is 0. The first-order chi connectivity index (χ1) is 16.4. The van der Waals surface area contributed by atoms with Crippen LogP contribution in [0.5, 0.6) is 0 Å². The van der Waals surface area contributed by atoms with Gasteiger partial charge in [-0.1, -0.05) is 12.1 Å². The third kappa shape index (κ3) is 4.48. The highest BCUT2D eigenvalue weighted by molar-refractivity contribution is 6.07. The molecular weight excluding hydrogens is 461 g/mol. The maximum atomic E-state index is 13.4. The SMILES string of the molecule is Cc1cn([C@@H]2CN(C(=O)CC[C@@]3(c4ccc(F)cc4)NC(=O)NC3=O)CC[C@@]2(C)O)c(=O)[nH]c1=O. The second kappa shape index (κ2) is 8.77. The van der Waals surface area contributed by atoms with Gasteiger partial charge in [0, 0.05) is 31.3 Å². The van der Waals surface area contributed by atoms with Crippen LogP contribution in [0.4, 0.5) is 9.18 Å². The van der Waals surface area contributed by atoms with Gasteiger partial charge in [-0.15, -0.1) is 0 Å². The molecule has 0 spiro atoms. The van der Waals surface area contributed by atoms with Gasteiger partial charge in [-0.3, -0.25) is 29.3 Å². The zero-order valence-corrected chi connectivity index (χ0v) is 19.3. The molecule has 2 aromatic rings. The number of hydrogen-bond donors (Lipinski definition) is 4. The summed E-state index contributed by atoms with van der Waals surface area (Å²) in [5.41, 5.74) is -3.45. The lowest BCUT2D eigenvalue weighted by atomic mass is 9.84. The Morgan fingerprint density at radius 2 is 1.89 bits per heavy atom. The molecule has 0 unspecified atom stereocenters. The Hall–Kier alpha value is -3.80. The zero-order valence-electron chi connectivity index (χ0n) is 19.3. The Bertz CT molecular complexity index is 1300. The molecule has 2 fully saturated rings. The Balaban J connectivity index is 1.55. The van der Waals surface area contributed by atoms with Crippen molar-refractivity contribution in [3.8, 4) is 0 Å². The van der Waals surface area contributed by atoms with Gasteiger partial charge in [0.25, 0.3) is 11.5 Å². The molecule has 35 heavy (non-hydrogen) atoms. The summed E-state index contributed by atoms with van der Waals surface area (Å²) in [5.74, 6) is -1.50. The molecule has 2 saturated heterocycles. The molecule has 3 atom stereocenters. The average Bonchev–Trinajstić information content (AvgIpc) is 3.09. The summed E-state index contributed by atoms with van der Waals surface area (Å²) in [6.07, 6.45) is 1.31. The van der Waals surface area contributed by atoms with Crippen LogP contribution in [0.25, 0.3) is 0 Å². The number of aromatic amines is 1. The zero-order chi connectivity index (χ0) is 25.5. The van der Waals surface area contributed by atoms with Crippen molar-refractivity contribution in [2.75, 3.05) is 13.1 Å². The van der Waals surface area contributed by atoms with Crippen LogP contribution in [0.2, 0.25) is 0 Å². The lowest BCUT2D eigenvalue weighted by molar-refractivity contribution is -0.138. The number of halogens is 1. The molecule has 4 amide bonds. The maximum absolute atomic E-state index is 13.4. The molecule has 4 N–H and O–H groups in total. The lowest BCUT2D eigenvalue weighted by Crippen LogP contribution is -2.55. The number of aliphatic hydroxyl groups is 1. The van der Waals surface area contributed by atoms with E-state index in [1.807, 2.05) is 0 Å². The van der Waals surface area contributed by atoms with Crippen LogP contribution in [0.1, 0.15) is 43.4 Å². The Labute approximate surface area is 198 Å². The van der Waals surface area contributed by atoms with Gasteiger partial charge in [-0.2, -0.15) is 0 Å². The van der Waals surface area contributed by atoms with Gasteiger partial charge in [0.2, 0.25) is 5.91 Å². The van der Waals surface area contributed by atoms with Gasteiger partial charge in [0.05, 0.1) is 11.6 Å². The largest absolute Gasteiger partial charge is 0.388 e. The van der Waals surface area contributed by atoms with Gasteiger partial charge in [-0.05, 0) is 44.4 Å². The number of H-pyrrole nitrogens is 1. The molecule has 0 saturated carbocycles. The van der Waals surface area contributed by atoms with E-state index in [1.54, 1.807) is 6.92 Å². The van der Waals surface area contributed by atoms with E-state index in [0.717, 1.165) is 12.1 Å². The molecule has 186 valence electrons. The number of amides is 4. The van der Waals surface area contributed by atoms with Crippen LogP contribution in [-0.2, 0) is 15.1 Å². The molecule has 0 bridgehead atoms. The highest BCUT2D eigenvalue weighted by atomic mass is 19.1. The van der Waals surface area contributed by atoms with Gasteiger partial charge in [-0.25, -0.2) is 14.0 Å². The number of imide groups is 1. The minimum Gasteiger partial charge on any atom is -0.388 e. The van der Waals surface area contributed by atoms with E-state index in [4.69, 9.17) is 0 Å². The highest BCUT2D eigenvalue weighted by Crippen LogP contribution is 2.33. The Kier molecular flexibility index (Phi) is 6.09. The van der Waals surface area contributed by atoms with Crippen molar-refractivity contribution < 1.29 is 23.9 Å². The fourth-order valence-corrected chi connectivity index (χ4v) is 4.66. The van der Waals surface area contributed by atoms with E-state index in [9.17, 15) is 33.5 Å². The number of hydrogen-bond acceptors (Lipinski definition) is 6. The van der Waals surface area contributed by atoms with Crippen LogP contribution in [0.3, 0.4) is 0 Å². The van der Waals surface area contributed by atoms with E-state index >= 15 is 0 Å². The van der Waals surface area contributed by atoms with Crippen molar-refractivity contribution in [1.29, 1.82) is 0 Å². The lowest BCUT2D eigenvalue weighted by Gasteiger charge is -2.43. The number of aromatic nitrogens is 2. The molecule has 1 aromatic carbocycles. The van der Waals surface area contributed by atoms with Gasteiger partial charge >= 0.3 is 11.7 Å². The van der Waals surface area contributed by atoms with E-state index < -0.39 is 46.2 Å². The van der Waals surface area contributed by atoms with Crippen molar-refractivity contribution in [2.24, 2.45) is 0 Å². The second-order valence-electron chi connectivity index (χ2n) is 9.26. The van der Waals surface area contributed by atoms with E-state index in [1.165, 1.54) is 34.7 Å². The minimum absolute atomic E-state index is 0.000667. The molecule has 3 heterocycles. The predicted octanol–water partition coefficient (Wildman–Crippen LogP) is 0.0236. The summed E-state index contributed by atoms with van der Waals surface area (Å²) >= 11 is 0. The fourth-order valence-electron chi connectivity index (χ4n) is 4.66. The summed E-state index contributed by atoms with van der Waals surface area (Å²) in [4.78, 5) is 65.6. The number of carbonyl (C=O) groups is 3. The van der Waals surface area contributed by atoms with Crippen molar-refractivity contribution in [2.45, 2.75) is 50.3 Å². The van der Waals surface area contributed by atoms with Crippen LogP contribution in [-0.4, -0.2) is 56.1 Å². The van der Waals surface area contributed by atoms with Crippen molar-refractivity contribution >= 4 is 17.8 Å². The number of likely N-dealkylation sites (tertiary alicyclic amines) is 1. The normalized spacial score (nSPS) is 26.4. The smallest absolute Gasteiger partial charge is 0.328 e. The molecule has 4 rings (SSSR count). The predicted molar refractivity (Wildman–Crippen MR) is 121 cm³/mol. The minimum atomic E-state index is -1.53. The second-order valence-corrected chi connectivity index (χ2v) is 9.26. The number of carbonyl (C=O) groups excluding carboxylic acids is 3. The number of nitrogens with one attached hydrogen (secondary N) is 3. The monoisotopic (exact) mass is 487 g/mol. The number of aryl methyl sites for hydroxylation is 1. The number of benzene rings is 1. The van der Waals surface area contributed by atoms with Crippen molar-refractivity contribution in [3.05, 3.63) is 68.2 Å². The van der Waals surface area contributed by atoms with Crippen LogP contribution < -0.4 is 21.9 Å². The van der Waals surface area contributed by atoms with Crippen LogP contribution in [0, 0.1) is 12.7 Å². The first-order valence-corrected chi connectivity index (χ1v) is 11.1. The molecule has 11 nitrogen and oxygen atoms in total. The van der Waals surface area contributed by atoms with Crippen LogP contribution >= 0.6 is 0 Å². The third-order valence-electron chi connectivity index (χ3n) is 6.83. The number of piperidine rings is 1. The average molecular weight is 487 g/mol. The molecule has 0 aliphatic carbocycles. The quantitative estimate of drug-likeness (QED) is 0.436. The number of rotatable bonds is 5. The molecule has 0 radical (unpaired) electrons. The number of nitrogens with zero attached hydrogens (tertiary/aromatic N) is 2. The Morgan fingerprint density at radius 3 is 2.51 bits per heavy atom. The molecular formula is C23H26FN5O6. The van der Waals surface area contributed by atoms with Crippen LogP contribution in [0.15, 0.2) is 40.1 Å². The molecule has 12 heteroatoms. The van der Waals surface area contributed by atoms with E-state index in [2.05, 4.69) is 15.6 Å². The number of urea groups is 1. The standard InChI is InChI=1S/C23H26FN5O6/c1-13-11-29(21(34)25-18(13)31)16-12-28(10-9-22(16,2)35)17(30)7-8-23(19(32)26-20(33)27-23)14-3-5-15(24)6-4-14/h3-6,11,16,35H,7-10,12H2,1-2H3,(H,25,31,34)(H2,26,27,32,33)/t16-,22-,23+/m1/s1. The first kappa shape index (κ1) is 24.3. The molecule has 2 aliphatic heterocycles. The Morgan fingerprint density at radius 1 is 1.20 bits per heavy atom. The maximum Gasteiger partial charge on any atom is 0.328 e. The van der Waals surface area contributed by atoms with Crippen molar-refractivity contribution in [3.63, 3.8) is 0 Å². The first-order valence-electron chi connectivity index (χ1n) is 11.1. The topological polar surface area (TPSA) is 154 Å². The van der Waals surface area contributed by atoms with Gasteiger partial charge in [0.15, 0.2) is 0 Å². The highest BCUT2D eigenvalue weighted by Gasteiger charge is 2.48. The fraction of sp³-hybridized carbons (Fsp3) is 0.435. The third-order valence-corrected chi connectivity index (χ3v) is 6.83. The van der Waals surface area contributed by atoms with E-state index in [0.29, 0.717) is 5.56 Å². The van der Waals surface area contributed by atoms with Crippen molar-refractivity contribution in [1.82, 2.24) is 25.1 Å². The summed E-state index contributed by atoms with van der Waals surface area (Å²) in [6, 6.07) is 3.56. The summed E-state index contributed by atoms with van der Waals surface area (Å²) < 4.78 is 14.7. The van der Waals surface area contributed by atoms with E-state index in [-0.39, 0.29) is 43.8 Å². The summed E-state index contributed by atoms with van der Waals surface area (Å²) in [6.45, 7) is 3.31. The van der Waals surface area contributed by atoms with Gasteiger partial charge < -0.3 is 15.3 Å².